The fourth-order valence-electron chi connectivity index (χ4n) is 2.65. The third-order valence-corrected chi connectivity index (χ3v) is 3.70. The van der Waals surface area contributed by atoms with Crippen molar-refractivity contribution >= 4 is 18.0 Å². The lowest BCUT2D eigenvalue weighted by molar-refractivity contribution is -0.122. The lowest BCUT2D eigenvalue weighted by Gasteiger charge is -2.15. The van der Waals surface area contributed by atoms with E-state index in [1.54, 1.807) is 18.2 Å². The largest absolute Gasteiger partial charge is 0.490 e. The Kier molecular flexibility index (Phi) is 6.84. The van der Waals surface area contributed by atoms with Gasteiger partial charge in [-0.25, -0.2) is 4.79 Å². The number of allylic oxidation sites excluding steroid dienone is 1. The van der Waals surface area contributed by atoms with Crippen LogP contribution in [0.4, 0.5) is 4.79 Å². The first kappa shape index (κ1) is 19.9. The van der Waals surface area contributed by atoms with E-state index in [0.717, 1.165) is 10.5 Å². The maximum absolute atomic E-state index is 12.4. The maximum atomic E-state index is 12.4. The van der Waals surface area contributed by atoms with E-state index in [4.69, 9.17) is 15.9 Å². The van der Waals surface area contributed by atoms with Crippen molar-refractivity contribution in [3.8, 4) is 23.8 Å². The Balaban J connectivity index is 2.46. The molecular weight excluding hydrogens is 344 g/mol. The van der Waals surface area contributed by atoms with Crippen molar-refractivity contribution in [3.63, 3.8) is 0 Å². The van der Waals surface area contributed by atoms with Crippen LogP contribution in [0.5, 0.6) is 11.5 Å². The number of imide groups is 1. The van der Waals surface area contributed by atoms with Gasteiger partial charge in [-0.2, -0.15) is 0 Å². The molecule has 140 valence electrons. The van der Waals surface area contributed by atoms with Crippen LogP contribution < -0.4 is 14.8 Å². The van der Waals surface area contributed by atoms with Crippen molar-refractivity contribution in [1.29, 1.82) is 0 Å². The zero-order valence-corrected chi connectivity index (χ0v) is 15.3. The number of amides is 3. The minimum atomic E-state index is -0.475. The molecule has 1 fully saturated rings. The van der Waals surface area contributed by atoms with E-state index < -0.39 is 11.9 Å². The Labute approximate surface area is 159 Å². The molecule has 0 radical (unpaired) electrons. The summed E-state index contributed by atoms with van der Waals surface area (Å²) < 4.78 is 11.3. The molecule has 6 nitrogen and oxygen atoms in total. The van der Waals surface area contributed by atoms with E-state index in [-0.39, 0.29) is 18.8 Å². The van der Waals surface area contributed by atoms with Crippen molar-refractivity contribution in [2.45, 2.75) is 13.3 Å². The van der Waals surface area contributed by atoms with E-state index in [2.05, 4.69) is 24.4 Å². The van der Waals surface area contributed by atoms with Gasteiger partial charge in [0.25, 0.3) is 5.91 Å². The molecule has 1 aromatic carbocycles. The van der Waals surface area contributed by atoms with Gasteiger partial charge in [0.1, 0.15) is 12.3 Å². The first-order valence-corrected chi connectivity index (χ1v) is 8.48. The number of hydrogen-bond donors (Lipinski definition) is 1. The quantitative estimate of drug-likeness (QED) is 0.316. The van der Waals surface area contributed by atoms with E-state index in [1.807, 2.05) is 13.0 Å². The van der Waals surface area contributed by atoms with Crippen LogP contribution in [-0.4, -0.2) is 36.6 Å². The smallest absolute Gasteiger partial charge is 0.329 e. The van der Waals surface area contributed by atoms with Gasteiger partial charge < -0.3 is 14.8 Å². The van der Waals surface area contributed by atoms with Crippen LogP contribution in [0.3, 0.4) is 0 Å². The number of hydrogen-bond acceptors (Lipinski definition) is 4. The monoisotopic (exact) mass is 366 g/mol. The number of urea groups is 1. The Morgan fingerprint density at radius 2 is 2.04 bits per heavy atom. The molecule has 1 aliphatic heterocycles. The SMILES string of the molecule is C#CCOc1c(CC=C)cc(/C=C2/NC(=O)N(CC=C)C2=O)cc1OCC. The molecule has 0 aromatic heterocycles. The number of nitrogens with zero attached hydrogens (tertiary/aromatic N) is 1. The van der Waals surface area contributed by atoms with Gasteiger partial charge in [-0.05, 0) is 37.1 Å². The molecule has 27 heavy (non-hydrogen) atoms. The fourth-order valence-corrected chi connectivity index (χ4v) is 2.65. The van der Waals surface area contributed by atoms with Gasteiger partial charge in [0, 0.05) is 12.1 Å². The molecule has 0 aliphatic carbocycles. The lowest BCUT2D eigenvalue weighted by Crippen LogP contribution is -2.30. The zero-order valence-electron chi connectivity index (χ0n) is 15.3. The van der Waals surface area contributed by atoms with Crippen LogP contribution >= 0.6 is 0 Å². The molecule has 1 heterocycles. The molecule has 6 heteroatoms. The summed E-state index contributed by atoms with van der Waals surface area (Å²) in [5.74, 6) is 3.09. The van der Waals surface area contributed by atoms with Gasteiger partial charge in [0.15, 0.2) is 11.5 Å². The van der Waals surface area contributed by atoms with E-state index in [1.165, 1.54) is 6.08 Å². The third kappa shape index (κ3) is 4.59. The summed E-state index contributed by atoms with van der Waals surface area (Å²) in [5, 5.41) is 2.57. The molecule has 0 unspecified atom stereocenters. The van der Waals surface area contributed by atoms with Crippen molar-refractivity contribution in [3.05, 3.63) is 54.3 Å². The van der Waals surface area contributed by atoms with Crippen LogP contribution in [0.15, 0.2) is 43.1 Å². The summed E-state index contributed by atoms with van der Waals surface area (Å²) in [6.07, 6.45) is 10.7. The topological polar surface area (TPSA) is 67.9 Å². The number of terminal acetylenes is 1. The number of ether oxygens (including phenoxy) is 2. The second-order valence-corrected chi connectivity index (χ2v) is 5.62. The van der Waals surface area contributed by atoms with Gasteiger partial charge in [-0.1, -0.05) is 18.1 Å². The normalized spacial score (nSPS) is 14.7. The van der Waals surface area contributed by atoms with Crippen LogP contribution in [0, 0.1) is 12.3 Å². The highest BCUT2D eigenvalue weighted by molar-refractivity contribution is 6.14. The van der Waals surface area contributed by atoms with Crippen molar-refractivity contribution in [2.75, 3.05) is 19.8 Å². The van der Waals surface area contributed by atoms with E-state index in [0.29, 0.717) is 30.1 Å². The second kappa shape index (κ2) is 9.30. The number of carbonyl (C=O) groups excluding carboxylic acids is 2. The van der Waals surface area contributed by atoms with Crippen LogP contribution in [0.2, 0.25) is 0 Å². The summed E-state index contributed by atoms with van der Waals surface area (Å²) in [5.41, 5.74) is 1.69. The van der Waals surface area contributed by atoms with Crippen molar-refractivity contribution < 1.29 is 19.1 Å². The number of nitrogens with one attached hydrogen (secondary N) is 1. The van der Waals surface area contributed by atoms with Crippen LogP contribution in [0.1, 0.15) is 18.1 Å². The maximum Gasteiger partial charge on any atom is 0.329 e. The molecule has 0 atom stereocenters. The predicted octanol–water partition coefficient (Wildman–Crippen LogP) is 2.90. The standard InChI is InChI=1S/C21H22N2O4/c1-5-9-16-12-15(14-18(26-8-4)19(16)27-11-7-3)13-17-20(24)23(10-6-2)21(25)22-17/h3,5-6,12-14H,1-2,8-11H2,4H3,(H,22,25)/b17-13+. The van der Waals surface area contributed by atoms with Gasteiger partial charge in [0.05, 0.1) is 6.61 Å². The number of benzene rings is 1. The molecule has 2 rings (SSSR count). The third-order valence-electron chi connectivity index (χ3n) is 3.70. The number of rotatable bonds is 9. The minimum Gasteiger partial charge on any atom is -0.490 e. The van der Waals surface area contributed by atoms with Gasteiger partial charge >= 0.3 is 6.03 Å². The molecule has 0 saturated carbocycles. The van der Waals surface area contributed by atoms with Gasteiger partial charge in [-0.3, -0.25) is 9.69 Å². The first-order valence-electron chi connectivity index (χ1n) is 8.48. The Hall–Kier alpha value is -3.46. The van der Waals surface area contributed by atoms with Crippen molar-refractivity contribution in [1.82, 2.24) is 10.2 Å². The van der Waals surface area contributed by atoms with Gasteiger partial charge in [-0.15, -0.1) is 19.6 Å². The van der Waals surface area contributed by atoms with Crippen LogP contribution in [-0.2, 0) is 11.2 Å². The Bertz CT molecular complexity index is 833. The summed E-state index contributed by atoms with van der Waals surface area (Å²) in [6.45, 7) is 9.86. The molecule has 0 bridgehead atoms. The second-order valence-electron chi connectivity index (χ2n) is 5.62. The lowest BCUT2D eigenvalue weighted by atomic mass is 10.0. The molecule has 3 amide bonds. The van der Waals surface area contributed by atoms with E-state index >= 15 is 0 Å². The fraction of sp³-hybridized carbons (Fsp3) is 0.238. The molecular formula is C21H22N2O4. The molecule has 0 spiro atoms. The van der Waals surface area contributed by atoms with E-state index in [9.17, 15) is 9.59 Å². The summed E-state index contributed by atoms with van der Waals surface area (Å²) >= 11 is 0. The Morgan fingerprint density at radius 3 is 2.67 bits per heavy atom. The molecule has 1 aliphatic rings. The Morgan fingerprint density at radius 1 is 1.26 bits per heavy atom. The summed E-state index contributed by atoms with van der Waals surface area (Å²) in [4.78, 5) is 25.4. The van der Waals surface area contributed by atoms with Crippen LogP contribution in [0.25, 0.3) is 6.08 Å². The molecule has 1 saturated heterocycles. The zero-order chi connectivity index (χ0) is 19.8. The highest BCUT2D eigenvalue weighted by Gasteiger charge is 2.32. The molecule has 1 aromatic rings. The summed E-state index contributed by atoms with van der Waals surface area (Å²) in [7, 11) is 0. The highest BCUT2D eigenvalue weighted by Crippen LogP contribution is 2.34. The minimum absolute atomic E-state index is 0.107. The summed E-state index contributed by atoms with van der Waals surface area (Å²) in [6, 6.07) is 3.11. The number of carbonyl (C=O) groups is 2. The molecule has 1 N–H and O–H groups in total. The average molecular weight is 366 g/mol. The highest BCUT2D eigenvalue weighted by atomic mass is 16.5. The van der Waals surface area contributed by atoms with Crippen molar-refractivity contribution in [2.24, 2.45) is 0 Å². The first-order chi connectivity index (χ1) is 13.0. The van der Waals surface area contributed by atoms with Gasteiger partial charge in [0.2, 0.25) is 0 Å². The predicted molar refractivity (Wildman–Crippen MR) is 104 cm³/mol. The average Bonchev–Trinajstić information content (AvgIpc) is 2.89.